The fourth-order valence-electron chi connectivity index (χ4n) is 1.55. The molecule has 0 N–H and O–H groups in total. The van der Waals surface area contributed by atoms with Crippen LogP contribution in [0.1, 0.15) is 25.7 Å². The quantitative estimate of drug-likeness (QED) is 0.700. The van der Waals surface area contributed by atoms with Crippen LogP contribution in [-0.2, 0) is 7.05 Å². The van der Waals surface area contributed by atoms with Crippen molar-refractivity contribution in [2.45, 2.75) is 26.8 Å². The number of aromatic nitrogens is 4. The Labute approximate surface area is 87.4 Å². The van der Waals surface area contributed by atoms with Gasteiger partial charge in [-0.3, -0.25) is 9.36 Å². The average molecular weight is 206 g/mol. The summed E-state index contributed by atoms with van der Waals surface area (Å²) < 4.78 is 3.41. The fraction of sp³-hybridized carbons (Fsp3) is 0.500. The van der Waals surface area contributed by atoms with E-state index in [0.717, 1.165) is 5.82 Å². The van der Waals surface area contributed by atoms with Crippen LogP contribution in [-0.4, -0.2) is 19.1 Å². The lowest BCUT2D eigenvalue weighted by Gasteiger charge is -2.07. The Morgan fingerprint density at radius 2 is 2.07 bits per heavy atom. The summed E-state index contributed by atoms with van der Waals surface area (Å²) in [6, 6.07) is 0.108. The van der Waals surface area contributed by atoms with Crippen molar-refractivity contribution in [1.29, 1.82) is 0 Å². The van der Waals surface area contributed by atoms with Crippen LogP contribution in [0.2, 0.25) is 0 Å². The Kier molecular flexibility index (Phi) is 2.10. The molecule has 80 valence electrons. The predicted molar refractivity (Wildman–Crippen MR) is 57.9 cm³/mol. The topological polar surface area (TPSA) is 52.7 Å². The zero-order valence-corrected chi connectivity index (χ0v) is 9.35. The highest BCUT2D eigenvalue weighted by atomic mass is 16.1. The molecule has 2 heterocycles. The predicted octanol–water partition coefficient (Wildman–Crippen LogP) is 1.02. The second-order valence-electron chi connectivity index (χ2n) is 3.94. The number of fused-ring (bicyclic) bond motifs is 1. The molecule has 0 saturated carbocycles. The van der Waals surface area contributed by atoms with Gasteiger partial charge in [0, 0.05) is 13.1 Å². The third kappa shape index (κ3) is 1.35. The molecule has 0 aromatic carbocycles. The first kappa shape index (κ1) is 9.89. The van der Waals surface area contributed by atoms with Gasteiger partial charge in [0.15, 0.2) is 11.2 Å². The number of hydrogen-bond donors (Lipinski definition) is 0. The highest BCUT2D eigenvalue weighted by Gasteiger charge is 2.12. The van der Waals surface area contributed by atoms with Crippen molar-refractivity contribution >= 4 is 11.2 Å². The van der Waals surface area contributed by atoms with Gasteiger partial charge in [0.25, 0.3) is 5.56 Å². The average Bonchev–Trinajstić information content (AvgIpc) is 2.45. The molecule has 0 bridgehead atoms. The normalized spacial score (nSPS) is 11.5. The van der Waals surface area contributed by atoms with Gasteiger partial charge in [0.2, 0.25) is 0 Å². The molecular weight excluding hydrogens is 192 g/mol. The zero-order valence-electron chi connectivity index (χ0n) is 9.35. The van der Waals surface area contributed by atoms with Crippen molar-refractivity contribution in [3.63, 3.8) is 0 Å². The standard InChI is InChI=1S/C10H14N4O/c1-6(2)14-5-11-9-8(10(14)15)12-7(3)13(9)4/h5-6H,1-4H3. The summed E-state index contributed by atoms with van der Waals surface area (Å²) in [6.07, 6.45) is 1.58. The van der Waals surface area contributed by atoms with Gasteiger partial charge >= 0.3 is 0 Å². The van der Waals surface area contributed by atoms with Crippen molar-refractivity contribution in [1.82, 2.24) is 19.1 Å². The Morgan fingerprint density at radius 1 is 1.40 bits per heavy atom. The van der Waals surface area contributed by atoms with E-state index in [1.807, 2.05) is 32.4 Å². The van der Waals surface area contributed by atoms with Crippen LogP contribution in [0.5, 0.6) is 0 Å². The van der Waals surface area contributed by atoms with Crippen LogP contribution in [0, 0.1) is 6.92 Å². The van der Waals surface area contributed by atoms with E-state index in [4.69, 9.17) is 0 Å². The van der Waals surface area contributed by atoms with Crippen molar-refractivity contribution in [3.05, 3.63) is 22.5 Å². The first-order valence-electron chi connectivity index (χ1n) is 4.92. The van der Waals surface area contributed by atoms with E-state index < -0.39 is 0 Å². The second kappa shape index (κ2) is 3.18. The number of hydrogen-bond acceptors (Lipinski definition) is 3. The molecule has 2 aromatic rings. The molecule has 5 heteroatoms. The zero-order chi connectivity index (χ0) is 11.2. The molecule has 2 rings (SSSR count). The van der Waals surface area contributed by atoms with Gasteiger partial charge in [0.1, 0.15) is 12.2 Å². The van der Waals surface area contributed by atoms with Crippen LogP contribution in [0.25, 0.3) is 11.2 Å². The largest absolute Gasteiger partial charge is 0.316 e. The number of nitrogens with zero attached hydrogens (tertiary/aromatic N) is 4. The lowest BCUT2D eigenvalue weighted by atomic mass is 10.4. The molecule has 5 nitrogen and oxygen atoms in total. The third-order valence-electron chi connectivity index (χ3n) is 2.59. The summed E-state index contributed by atoms with van der Waals surface area (Å²) in [5.41, 5.74) is 1.03. The molecule has 0 saturated heterocycles. The van der Waals surface area contributed by atoms with Gasteiger partial charge in [-0.05, 0) is 20.8 Å². The van der Waals surface area contributed by atoms with Crippen LogP contribution in [0.4, 0.5) is 0 Å². The first-order valence-corrected chi connectivity index (χ1v) is 4.92. The molecule has 2 aromatic heterocycles. The van der Waals surface area contributed by atoms with Gasteiger partial charge in [-0.2, -0.15) is 0 Å². The minimum absolute atomic E-state index is 0.0706. The van der Waals surface area contributed by atoms with Crippen molar-refractivity contribution in [3.8, 4) is 0 Å². The molecule has 0 spiro atoms. The van der Waals surface area contributed by atoms with Crippen molar-refractivity contribution in [2.24, 2.45) is 7.05 Å². The lowest BCUT2D eigenvalue weighted by Crippen LogP contribution is -2.22. The molecule has 0 atom stereocenters. The monoisotopic (exact) mass is 206 g/mol. The number of aryl methyl sites for hydroxylation is 2. The van der Waals surface area contributed by atoms with Gasteiger partial charge in [0.05, 0.1) is 0 Å². The smallest absolute Gasteiger partial charge is 0.281 e. The summed E-state index contributed by atoms with van der Waals surface area (Å²) in [5.74, 6) is 0.802. The molecule has 0 radical (unpaired) electrons. The van der Waals surface area contributed by atoms with Crippen molar-refractivity contribution < 1.29 is 0 Å². The van der Waals surface area contributed by atoms with E-state index in [9.17, 15) is 4.79 Å². The maximum absolute atomic E-state index is 12.0. The van der Waals surface area contributed by atoms with E-state index in [-0.39, 0.29) is 11.6 Å². The lowest BCUT2D eigenvalue weighted by molar-refractivity contribution is 0.572. The van der Waals surface area contributed by atoms with E-state index >= 15 is 0 Å². The third-order valence-corrected chi connectivity index (χ3v) is 2.59. The summed E-state index contributed by atoms with van der Waals surface area (Å²) in [4.78, 5) is 20.5. The second-order valence-corrected chi connectivity index (χ2v) is 3.94. The molecule has 0 unspecified atom stereocenters. The SMILES string of the molecule is Cc1nc2c(=O)n(C(C)C)cnc2n1C. The van der Waals surface area contributed by atoms with E-state index in [0.29, 0.717) is 11.2 Å². The van der Waals surface area contributed by atoms with Gasteiger partial charge in [-0.1, -0.05) is 0 Å². The molecule has 0 aliphatic carbocycles. The first-order chi connectivity index (χ1) is 7.02. The van der Waals surface area contributed by atoms with Gasteiger partial charge < -0.3 is 4.57 Å². The van der Waals surface area contributed by atoms with Crippen LogP contribution < -0.4 is 5.56 Å². The Hall–Kier alpha value is -1.65. The van der Waals surface area contributed by atoms with E-state index in [1.54, 1.807) is 10.9 Å². The maximum atomic E-state index is 12.0. The number of imidazole rings is 1. The molecule has 0 amide bonds. The fourth-order valence-corrected chi connectivity index (χ4v) is 1.55. The molecule has 0 aliphatic heterocycles. The highest BCUT2D eigenvalue weighted by Crippen LogP contribution is 2.08. The Balaban J connectivity index is 2.86. The summed E-state index contributed by atoms with van der Waals surface area (Å²) in [5, 5.41) is 0. The van der Waals surface area contributed by atoms with Crippen LogP contribution in [0.15, 0.2) is 11.1 Å². The number of rotatable bonds is 1. The Morgan fingerprint density at radius 3 is 2.67 bits per heavy atom. The molecular formula is C10H14N4O. The summed E-state index contributed by atoms with van der Waals surface area (Å²) in [7, 11) is 1.86. The van der Waals surface area contributed by atoms with Gasteiger partial charge in [-0.15, -0.1) is 0 Å². The minimum atomic E-state index is -0.0706. The summed E-state index contributed by atoms with van der Waals surface area (Å²) in [6.45, 7) is 5.76. The van der Waals surface area contributed by atoms with Crippen LogP contribution >= 0.6 is 0 Å². The van der Waals surface area contributed by atoms with Crippen molar-refractivity contribution in [2.75, 3.05) is 0 Å². The maximum Gasteiger partial charge on any atom is 0.281 e. The van der Waals surface area contributed by atoms with Gasteiger partial charge in [-0.25, -0.2) is 9.97 Å². The molecule has 0 fully saturated rings. The summed E-state index contributed by atoms with van der Waals surface area (Å²) >= 11 is 0. The highest BCUT2D eigenvalue weighted by molar-refractivity contribution is 5.69. The van der Waals surface area contributed by atoms with E-state index in [1.165, 1.54) is 0 Å². The van der Waals surface area contributed by atoms with E-state index in [2.05, 4.69) is 9.97 Å². The Bertz CT molecular complexity index is 565. The molecule has 15 heavy (non-hydrogen) atoms. The molecule has 0 aliphatic rings. The van der Waals surface area contributed by atoms with Crippen LogP contribution in [0.3, 0.4) is 0 Å². The minimum Gasteiger partial charge on any atom is -0.316 e.